The molecule has 2 aromatic carbocycles. The zero-order valence-corrected chi connectivity index (χ0v) is 12.6. The van der Waals surface area contributed by atoms with Gasteiger partial charge in [0.2, 0.25) is 5.91 Å². The van der Waals surface area contributed by atoms with Crippen molar-refractivity contribution in [2.24, 2.45) is 0 Å². The lowest BCUT2D eigenvalue weighted by atomic mass is 9.97. The maximum atomic E-state index is 13.8. The predicted octanol–water partition coefficient (Wildman–Crippen LogP) is 4.33. The number of carbonyl (C=O) groups excluding carboxylic acids is 1. The largest absolute Gasteiger partial charge is 0.326 e. The molecule has 0 saturated heterocycles. The third kappa shape index (κ3) is 2.70. The molecule has 0 saturated carbocycles. The second-order valence-electron chi connectivity index (χ2n) is 4.96. The van der Waals surface area contributed by atoms with E-state index in [0.29, 0.717) is 12.8 Å². The van der Waals surface area contributed by atoms with Crippen molar-refractivity contribution < 1.29 is 13.6 Å². The molecule has 1 aliphatic heterocycles. The molecule has 108 valence electrons. The lowest BCUT2D eigenvalue weighted by Gasteiger charge is -2.19. The van der Waals surface area contributed by atoms with Gasteiger partial charge in [-0.15, -0.1) is 0 Å². The van der Waals surface area contributed by atoms with E-state index in [9.17, 15) is 13.6 Å². The van der Waals surface area contributed by atoms with Crippen molar-refractivity contribution in [1.82, 2.24) is 0 Å². The Bertz CT molecular complexity index is 697. The number of anilines is 1. The lowest BCUT2D eigenvalue weighted by molar-refractivity contribution is -0.116. The maximum absolute atomic E-state index is 13.8. The molecule has 0 fully saturated rings. The first kappa shape index (κ1) is 14.2. The van der Waals surface area contributed by atoms with Gasteiger partial charge in [-0.1, -0.05) is 34.1 Å². The predicted molar refractivity (Wildman–Crippen MR) is 80.5 cm³/mol. The van der Waals surface area contributed by atoms with Gasteiger partial charge in [-0.2, -0.15) is 0 Å². The average molecular weight is 352 g/mol. The molecule has 1 aliphatic rings. The van der Waals surface area contributed by atoms with Crippen molar-refractivity contribution in [2.45, 2.75) is 17.7 Å². The molecule has 2 aromatic rings. The summed E-state index contributed by atoms with van der Waals surface area (Å²) in [7, 11) is 0. The Labute approximate surface area is 129 Å². The van der Waals surface area contributed by atoms with Crippen molar-refractivity contribution in [3.8, 4) is 0 Å². The summed E-state index contributed by atoms with van der Waals surface area (Å²) in [5.41, 5.74) is 2.50. The molecule has 0 bridgehead atoms. The SMILES string of the molecule is O=C1CCc2cc(C(Br)c3c(F)cccc3F)ccc2N1. The van der Waals surface area contributed by atoms with E-state index in [1.165, 1.54) is 18.2 Å². The molecule has 2 nitrogen and oxygen atoms in total. The number of fused-ring (bicyclic) bond motifs is 1. The first-order valence-electron chi connectivity index (χ1n) is 6.57. The molecule has 1 unspecified atom stereocenters. The molecular weight excluding hydrogens is 340 g/mol. The topological polar surface area (TPSA) is 29.1 Å². The highest BCUT2D eigenvalue weighted by Crippen LogP contribution is 2.36. The van der Waals surface area contributed by atoms with E-state index in [1.807, 2.05) is 6.07 Å². The quantitative estimate of drug-likeness (QED) is 0.801. The summed E-state index contributed by atoms with van der Waals surface area (Å²) in [6.07, 6.45) is 1.06. The van der Waals surface area contributed by atoms with Crippen LogP contribution in [0.1, 0.15) is 27.9 Å². The number of carbonyl (C=O) groups is 1. The third-order valence-corrected chi connectivity index (χ3v) is 4.56. The van der Waals surface area contributed by atoms with Crippen LogP contribution in [0, 0.1) is 11.6 Å². The zero-order chi connectivity index (χ0) is 15.0. The van der Waals surface area contributed by atoms with Gasteiger partial charge in [0.25, 0.3) is 0 Å². The Kier molecular flexibility index (Phi) is 3.76. The minimum atomic E-state index is -0.581. The number of aryl methyl sites for hydroxylation is 1. The van der Waals surface area contributed by atoms with E-state index >= 15 is 0 Å². The summed E-state index contributed by atoms with van der Waals surface area (Å²) in [6, 6.07) is 9.23. The monoisotopic (exact) mass is 351 g/mol. The molecule has 0 spiro atoms. The molecule has 0 aromatic heterocycles. The fourth-order valence-electron chi connectivity index (χ4n) is 2.48. The summed E-state index contributed by atoms with van der Waals surface area (Å²) in [4.78, 5) is 10.8. The first-order chi connectivity index (χ1) is 10.1. The summed E-state index contributed by atoms with van der Waals surface area (Å²) >= 11 is 3.37. The molecule has 1 N–H and O–H groups in total. The van der Waals surface area contributed by atoms with Gasteiger partial charge >= 0.3 is 0 Å². The highest BCUT2D eigenvalue weighted by atomic mass is 79.9. The van der Waals surface area contributed by atoms with Gasteiger partial charge in [0.05, 0.1) is 4.83 Å². The van der Waals surface area contributed by atoms with Crippen LogP contribution in [0.15, 0.2) is 36.4 Å². The number of rotatable bonds is 2. The van der Waals surface area contributed by atoms with Crippen LogP contribution < -0.4 is 5.32 Å². The van der Waals surface area contributed by atoms with E-state index in [4.69, 9.17) is 0 Å². The molecule has 1 amide bonds. The number of hydrogen-bond acceptors (Lipinski definition) is 1. The van der Waals surface area contributed by atoms with Gasteiger partial charge in [0.15, 0.2) is 0 Å². The molecular formula is C16H12BrF2NO. The van der Waals surface area contributed by atoms with Crippen molar-refractivity contribution in [3.05, 3.63) is 64.7 Å². The Morgan fingerprint density at radius 1 is 1.10 bits per heavy atom. The van der Waals surface area contributed by atoms with E-state index in [2.05, 4.69) is 21.2 Å². The molecule has 3 rings (SSSR count). The highest BCUT2D eigenvalue weighted by Gasteiger charge is 2.21. The Balaban J connectivity index is 1.99. The number of halogens is 3. The molecule has 0 aliphatic carbocycles. The van der Waals surface area contributed by atoms with Gasteiger partial charge in [-0.05, 0) is 35.7 Å². The highest BCUT2D eigenvalue weighted by molar-refractivity contribution is 9.09. The standard InChI is InChI=1S/C16H12BrF2NO/c17-16(15-11(18)2-1-3-12(15)19)10-4-6-13-9(8-10)5-7-14(21)20-13/h1-4,6,8,16H,5,7H2,(H,20,21). The van der Waals surface area contributed by atoms with Crippen LogP contribution in [0.4, 0.5) is 14.5 Å². The molecule has 5 heteroatoms. The fourth-order valence-corrected chi connectivity index (χ4v) is 3.20. The zero-order valence-electron chi connectivity index (χ0n) is 11.0. The van der Waals surface area contributed by atoms with Crippen LogP contribution in [-0.2, 0) is 11.2 Å². The van der Waals surface area contributed by atoms with Crippen LogP contribution in [0.25, 0.3) is 0 Å². The number of hydrogen-bond donors (Lipinski definition) is 1. The first-order valence-corrected chi connectivity index (χ1v) is 7.48. The van der Waals surface area contributed by atoms with Crippen molar-refractivity contribution >= 4 is 27.5 Å². The summed E-state index contributed by atoms with van der Waals surface area (Å²) in [6.45, 7) is 0. The molecule has 21 heavy (non-hydrogen) atoms. The Morgan fingerprint density at radius 3 is 2.52 bits per heavy atom. The lowest BCUT2D eigenvalue weighted by Crippen LogP contribution is -2.19. The molecule has 1 atom stereocenters. The second kappa shape index (κ2) is 5.56. The van der Waals surface area contributed by atoms with E-state index in [0.717, 1.165) is 16.8 Å². The molecule has 1 heterocycles. The van der Waals surface area contributed by atoms with E-state index in [-0.39, 0.29) is 11.5 Å². The van der Waals surface area contributed by atoms with Gasteiger partial charge < -0.3 is 5.32 Å². The minimum Gasteiger partial charge on any atom is -0.326 e. The average Bonchev–Trinajstić information content (AvgIpc) is 2.46. The van der Waals surface area contributed by atoms with Crippen molar-refractivity contribution in [1.29, 1.82) is 0 Å². The van der Waals surface area contributed by atoms with Gasteiger partial charge in [0, 0.05) is 17.7 Å². The summed E-state index contributed by atoms with van der Waals surface area (Å²) in [5.74, 6) is -1.17. The number of nitrogens with one attached hydrogen (secondary N) is 1. The summed E-state index contributed by atoms with van der Waals surface area (Å²) < 4.78 is 27.7. The van der Waals surface area contributed by atoms with Crippen LogP contribution >= 0.6 is 15.9 Å². The van der Waals surface area contributed by atoms with E-state index < -0.39 is 16.5 Å². The Hall–Kier alpha value is -1.75. The minimum absolute atomic E-state index is 0.00250. The normalized spacial score (nSPS) is 15.3. The van der Waals surface area contributed by atoms with Gasteiger partial charge in [-0.25, -0.2) is 8.78 Å². The number of alkyl halides is 1. The van der Waals surface area contributed by atoms with Crippen LogP contribution in [-0.4, -0.2) is 5.91 Å². The van der Waals surface area contributed by atoms with Crippen molar-refractivity contribution in [3.63, 3.8) is 0 Å². The number of amides is 1. The fraction of sp³-hybridized carbons (Fsp3) is 0.188. The number of benzene rings is 2. The molecule has 0 radical (unpaired) electrons. The van der Waals surface area contributed by atoms with E-state index in [1.54, 1.807) is 12.1 Å². The van der Waals surface area contributed by atoms with Crippen LogP contribution in [0.5, 0.6) is 0 Å². The van der Waals surface area contributed by atoms with Crippen LogP contribution in [0.2, 0.25) is 0 Å². The van der Waals surface area contributed by atoms with Gasteiger partial charge in [-0.3, -0.25) is 4.79 Å². The summed E-state index contributed by atoms with van der Waals surface area (Å²) in [5, 5.41) is 2.79. The smallest absolute Gasteiger partial charge is 0.224 e. The maximum Gasteiger partial charge on any atom is 0.224 e. The van der Waals surface area contributed by atoms with Crippen LogP contribution in [0.3, 0.4) is 0 Å². The third-order valence-electron chi connectivity index (χ3n) is 3.57. The Morgan fingerprint density at radius 2 is 1.81 bits per heavy atom. The van der Waals surface area contributed by atoms with Crippen molar-refractivity contribution in [2.75, 3.05) is 5.32 Å². The second-order valence-corrected chi connectivity index (χ2v) is 5.88. The van der Waals surface area contributed by atoms with Gasteiger partial charge in [0.1, 0.15) is 11.6 Å².